The van der Waals surface area contributed by atoms with E-state index in [0.29, 0.717) is 16.5 Å². The van der Waals surface area contributed by atoms with Crippen LogP contribution in [-0.4, -0.2) is 9.97 Å². The molecule has 1 N–H and O–H groups in total. The maximum atomic E-state index is 13.3. The molecule has 0 fully saturated rings. The van der Waals surface area contributed by atoms with Crippen LogP contribution in [-0.2, 0) is 0 Å². The molecule has 0 bridgehead atoms. The SMILES string of the molecule is Fc1ccc(-c2nc(-c3ccc(Cl)cc3)[nH]c2-c2ccc(F)cc2)cc1. The lowest BCUT2D eigenvalue weighted by Crippen LogP contribution is -1.85. The van der Waals surface area contributed by atoms with E-state index in [-0.39, 0.29) is 11.6 Å². The van der Waals surface area contributed by atoms with Gasteiger partial charge in [0.05, 0.1) is 11.4 Å². The molecule has 1 aromatic heterocycles. The highest BCUT2D eigenvalue weighted by Crippen LogP contribution is 2.33. The number of nitrogens with one attached hydrogen (secondary N) is 1. The maximum absolute atomic E-state index is 13.3. The van der Waals surface area contributed by atoms with Crippen molar-refractivity contribution in [1.82, 2.24) is 9.97 Å². The summed E-state index contributed by atoms with van der Waals surface area (Å²) < 4.78 is 26.6. The monoisotopic (exact) mass is 366 g/mol. The standard InChI is InChI=1S/C21H13ClF2N2/c22-16-7-1-15(2-8-16)21-25-19(13-3-9-17(23)10-4-13)20(26-21)14-5-11-18(24)12-6-14/h1-12H,(H,25,26). The predicted molar refractivity (Wildman–Crippen MR) is 99.8 cm³/mol. The smallest absolute Gasteiger partial charge is 0.138 e. The summed E-state index contributed by atoms with van der Waals surface area (Å²) >= 11 is 5.96. The number of nitrogens with zero attached hydrogens (tertiary/aromatic N) is 1. The molecule has 26 heavy (non-hydrogen) atoms. The van der Waals surface area contributed by atoms with Gasteiger partial charge in [0.2, 0.25) is 0 Å². The third kappa shape index (κ3) is 3.24. The van der Waals surface area contributed by atoms with Crippen LogP contribution in [0.1, 0.15) is 0 Å². The van der Waals surface area contributed by atoms with E-state index in [4.69, 9.17) is 16.6 Å². The van der Waals surface area contributed by atoms with Crippen LogP contribution in [0.4, 0.5) is 8.78 Å². The highest BCUT2D eigenvalue weighted by atomic mass is 35.5. The van der Waals surface area contributed by atoms with Crippen molar-refractivity contribution >= 4 is 11.6 Å². The van der Waals surface area contributed by atoms with Gasteiger partial charge in [-0.3, -0.25) is 0 Å². The van der Waals surface area contributed by atoms with Gasteiger partial charge in [0.25, 0.3) is 0 Å². The Kier molecular flexibility index (Phi) is 4.27. The van der Waals surface area contributed by atoms with Crippen molar-refractivity contribution in [1.29, 1.82) is 0 Å². The zero-order valence-electron chi connectivity index (χ0n) is 13.5. The van der Waals surface area contributed by atoms with Crippen molar-refractivity contribution in [3.63, 3.8) is 0 Å². The first-order chi connectivity index (χ1) is 12.6. The van der Waals surface area contributed by atoms with Gasteiger partial charge in [-0.1, -0.05) is 11.6 Å². The van der Waals surface area contributed by atoms with E-state index < -0.39 is 0 Å². The van der Waals surface area contributed by atoms with Crippen molar-refractivity contribution in [2.75, 3.05) is 0 Å². The van der Waals surface area contributed by atoms with Gasteiger partial charge in [-0.2, -0.15) is 0 Å². The average molecular weight is 367 g/mol. The average Bonchev–Trinajstić information content (AvgIpc) is 3.09. The van der Waals surface area contributed by atoms with Gasteiger partial charge in [0, 0.05) is 21.7 Å². The fraction of sp³-hybridized carbons (Fsp3) is 0. The Morgan fingerprint density at radius 2 is 1.15 bits per heavy atom. The van der Waals surface area contributed by atoms with Crippen LogP contribution in [0.5, 0.6) is 0 Å². The molecule has 2 nitrogen and oxygen atoms in total. The molecule has 0 aliphatic carbocycles. The molecule has 1 heterocycles. The number of rotatable bonds is 3. The summed E-state index contributed by atoms with van der Waals surface area (Å²) in [7, 11) is 0. The summed E-state index contributed by atoms with van der Waals surface area (Å²) in [4.78, 5) is 7.99. The molecule has 128 valence electrons. The summed E-state index contributed by atoms with van der Waals surface area (Å²) in [5.41, 5.74) is 3.83. The van der Waals surface area contributed by atoms with Gasteiger partial charge in [-0.15, -0.1) is 0 Å². The largest absolute Gasteiger partial charge is 0.337 e. The fourth-order valence-corrected chi connectivity index (χ4v) is 2.89. The zero-order chi connectivity index (χ0) is 18.1. The number of aromatic nitrogens is 2. The molecule has 3 aromatic carbocycles. The number of halogens is 3. The zero-order valence-corrected chi connectivity index (χ0v) is 14.3. The van der Waals surface area contributed by atoms with Crippen molar-refractivity contribution < 1.29 is 8.78 Å². The normalized spacial score (nSPS) is 10.9. The fourth-order valence-electron chi connectivity index (χ4n) is 2.76. The summed E-state index contributed by atoms with van der Waals surface area (Å²) in [5.74, 6) is 0.0281. The maximum Gasteiger partial charge on any atom is 0.138 e. The van der Waals surface area contributed by atoms with Crippen molar-refractivity contribution in [3.8, 4) is 33.9 Å². The first-order valence-corrected chi connectivity index (χ1v) is 8.36. The summed E-state index contributed by atoms with van der Waals surface area (Å²) in [5, 5.41) is 0.637. The second kappa shape index (κ2) is 6.73. The molecule has 0 spiro atoms. The Morgan fingerprint density at radius 1 is 0.654 bits per heavy atom. The second-order valence-electron chi connectivity index (χ2n) is 5.83. The van der Waals surface area contributed by atoms with Gasteiger partial charge in [-0.25, -0.2) is 13.8 Å². The molecule has 0 radical (unpaired) electrons. The highest BCUT2D eigenvalue weighted by Gasteiger charge is 2.15. The lowest BCUT2D eigenvalue weighted by atomic mass is 10.1. The van der Waals surface area contributed by atoms with Crippen LogP contribution < -0.4 is 0 Å². The summed E-state index contributed by atoms with van der Waals surface area (Å²) in [6, 6.07) is 19.6. The predicted octanol–water partition coefficient (Wildman–Crippen LogP) is 6.34. The minimum Gasteiger partial charge on any atom is -0.337 e. The number of imidazole rings is 1. The first kappa shape index (κ1) is 16.5. The lowest BCUT2D eigenvalue weighted by molar-refractivity contribution is 0.627. The number of hydrogen-bond donors (Lipinski definition) is 1. The molecule has 0 unspecified atom stereocenters. The highest BCUT2D eigenvalue weighted by molar-refractivity contribution is 6.30. The van der Waals surface area contributed by atoms with Crippen LogP contribution >= 0.6 is 11.6 Å². The molecular weight excluding hydrogens is 354 g/mol. The van der Waals surface area contributed by atoms with E-state index >= 15 is 0 Å². The van der Waals surface area contributed by atoms with Crippen molar-refractivity contribution in [2.45, 2.75) is 0 Å². The topological polar surface area (TPSA) is 28.7 Å². The van der Waals surface area contributed by atoms with E-state index in [1.807, 2.05) is 12.1 Å². The molecule has 5 heteroatoms. The van der Waals surface area contributed by atoms with Crippen LogP contribution in [0, 0.1) is 11.6 Å². The van der Waals surface area contributed by atoms with E-state index in [9.17, 15) is 8.78 Å². The van der Waals surface area contributed by atoms with Gasteiger partial charge >= 0.3 is 0 Å². The van der Waals surface area contributed by atoms with Crippen LogP contribution in [0.3, 0.4) is 0 Å². The molecule has 0 amide bonds. The molecule has 0 saturated carbocycles. The number of hydrogen-bond acceptors (Lipinski definition) is 1. The molecule has 0 atom stereocenters. The molecule has 0 aliphatic rings. The van der Waals surface area contributed by atoms with E-state index in [0.717, 1.165) is 22.4 Å². The molecule has 4 aromatic rings. The van der Waals surface area contributed by atoms with Crippen LogP contribution in [0.2, 0.25) is 5.02 Å². The number of benzene rings is 3. The third-order valence-electron chi connectivity index (χ3n) is 4.07. The quantitative estimate of drug-likeness (QED) is 0.450. The second-order valence-corrected chi connectivity index (χ2v) is 6.27. The molecular formula is C21H13ClF2N2. The molecule has 0 saturated heterocycles. The number of H-pyrrole nitrogens is 1. The minimum atomic E-state index is -0.314. The Morgan fingerprint density at radius 3 is 1.73 bits per heavy atom. The Labute approximate surface area is 154 Å². The van der Waals surface area contributed by atoms with Crippen molar-refractivity contribution in [3.05, 3.63) is 89.5 Å². The van der Waals surface area contributed by atoms with E-state index in [1.54, 1.807) is 36.4 Å². The van der Waals surface area contributed by atoms with Crippen LogP contribution in [0.15, 0.2) is 72.8 Å². The van der Waals surface area contributed by atoms with Gasteiger partial charge in [-0.05, 0) is 72.8 Å². The Hall–Kier alpha value is -2.98. The third-order valence-corrected chi connectivity index (χ3v) is 4.32. The molecule has 4 rings (SSSR count). The first-order valence-electron chi connectivity index (χ1n) is 7.98. The minimum absolute atomic E-state index is 0.311. The molecule has 0 aliphatic heterocycles. The summed E-state index contributed by atoms with van der Waals surface area (Å²) in [6.07, 6.45) is 0. The lowest BCUT2D eigenvalue weighted by Gasteiger charge is -2.03. The van der Waals surface area contributed by atoms with Gasteiger partial charge < -0.3 is 4.98 Å². The van der Waals surface area contributed by atoms with Crippen LogP contribution in [0.25, 0.3) is 33.9 Å². The Bertz CT molecular complexity index is 974. The van der Waals surface area contributed by atoms with Gasteiger partial charge in [0.15, 0.2) is 0 Å². The van der Waals surface area contributed by atoms with E-state index in [1.165, 1.54) is 24.3 Å². The Balaban J connectivity index is 1.88. The number of aromatic amines is 1. The van der Waals surface area contributed by atoms with Gasteiger partial charge in [0.1, 0.15) is 17.5 Å². The summed E-state index contributed by atoms with van der Waals surface area (Å²) in [6.45, 7) is 0. The van der Waals surface area contributed by atoms with Crippen molar-refractivity contribution in [2.24, 2.45) is 0 Å². The van der Waals surface area contributed by atoms with E-state index in [2.05, 4.69) is 4.98 Å².